The van der Waals surface area contributed by atoms with E-state index in [-0.39, 0.29) is 18.4 Å². The molecule has 2 amide bonds. The number of rotatable bonds is 9. The standard InChI is InChI=1S/C31H28N6O4/c1-4-35-19-20(17-33-35)29-18-32-27-10-9-21(15-28(27)34-29)36(22-13-23(40-2)16-24(14-22)41-3)11-12-37-30(38)25-7-5-6-8-26(25)31(37)39/h5-10,13-19H,4,11-12H2,1-3H3. The van der Waals surface area contributed by atoms with Gasteiger partial charge in [-0.05, 0) is 37.3 Å². The Kier molecular flexibility index (Phi) is 6.80. The molecule has 10 heteroatoms. The molecule has 0 saturated heterocycles. The number of nitrogens with zero attached hydrogens (tertiary/aromatic N) is 6. The topological polar surface area (TPSA) is 103 Å². The van der Waals surface area contributed by atoms with Crippen molar-refractivity contribution in [2.45, 2.75) is 13.5 Å². The van der Waals surface area contributed by atoms with Crippen LogP contribution < -0.4 is 14.4 Å². The van der Waals surface area contributed by atoms with Gasteiger partial charge in [0.05, 0.1) is 54.5 Å². The third-order valence-corrected chi connectivity index (χ3v) is 7.16. The molecule has 3 aromatic carbocycles. The van der Waals surface area contributed by atoms with Crippen LogP contribution >= 0.6 is 0 Å². The number of hydrogen-bond acceptors (Lipinski definition) is 8. The van der Waals surface area contributed by atoms with E-state index in [9.17, 15) is 9.59 Å². The van der Waals surface area contributed by atoms with E-state index in [0.29, 0.717) is 34.7 Å². The number of anilines is 2. The van der Waals surface area contributed by atoms with Crippen LogP contribution in [0.5, 0.6) is 11.5 Å². The second-order valence-corrected chi connectivity index (χ2v) is 9.54. The van der Waals surface area contributed by atoms with Gasteiger partial charge in [-0.1, -0.05) is 12.1 Å². The number of aromatic nitrogens is 4. The zero-order valence-corrected chi connectivity index (χ0v) is 22.9. The SMILES string of the molecule is CCn1cc(-c2cnc3ccc(N(CCN4C(=O)c5ccccc5C4=O)c4cc(OC)cc(OC)c4)cc3n2)cn1. The summed E-state index contributed by atoms with van der Waals surface area (Å²) in [5.74, 6) is 0.632. The van der Waals surface area contributed by atoms with Crippen molar-refractivity contribution in [2.75, 3.05) is 32.2 Å². The molecule has 5 aromatic rings. The molecule has 206 valence electrons. The fourth-order valence-electron chi connectivity index (χ4n) is 4.97. The Bertz CT molecular complexity index is 1720. The first-order valence-corrected chi connectivity index (χ1v) is 13.2. The molecule has 0 fully saturated rings. The molecule has 0 unspecified atom stereocenters. The molecule has 0 N–H and O–H groups in total. The second kappa shape index (κ2) is 10.7. The minimum absolute atomic E-state index is 0.172. The highest BCUT2D eigenvalue weighted by Crippen LogP contribution is 2.34. The Morgan fingerprint density at radius 3 is 2.17 bits per heavy atom. The maximum atomic E-state index is 13.1. The highest BCUT2D eigenvalue weighted by atomic mass is 16.5. The van der Waals surface area contributed by atoms with Crippen LogP contribution in [0.2, 0.25) is 0 Å². The number of methoxy groups -OCH3 is 2. The number of ether oxygens (including phenoxy) is 2. The summed E-state index contributed by atoms with van der Waals surface area (Å²) in [4.78, 5) is 39.0. The predicted octanol–water partition coefficient (Wildman–Crippen LogP) is 4.96. The van der Waals surface area contributed by atoms with Crippen LogP contribution in [0.4, 0.5) is 11.4 Å². The minimum Gasteiger partial charge on any atom is -0.497 e. The maximum Gasteiger partial charge on any atom is 0.261 e. The van der Waals surface area contributed by atoms with Crippen LogP contribution in [0.25, 0.3) is 22.3 Å². The zero-order chi connectivity index (χ0) is 28.5. The number of carbonyl (C=O) groups is 2. The normalized spacial score (nSPS) is 12.6. The number of imide groups is 1. The molecule has 0 saturated carbocycles. The lowest BCUT2D eigenvalue weighted by Gasteiger charge is -2.28. The first kappa shape index (κ1) is 26.0. The summed E-state index contributed by atoms with van der Waals surface area (Å²) in [7, 11) is 3.19. The Morgan fingerprint density at radius 2 is 1.54 bits per heavy atom. The van der Waals surface area contributed by atoms with E-state index >= 15 is 0 Å². The number of hydrogen-bond donors (Lipinski definition) is 0. The lowest BCUT2D eigenvalue weighted by molar-refractivity contribution is 0.0659. The fraction of sp³-hybridized carbons (Fsp3) is 0.194. The molecule has 1 aliphatic heterocycles. The molecule has 41 heavy (non-hydrogen) atoms. The average molecular weight is 549 g/mol. The first-order valence-electron chi connectivity index (χ1n) is 13.2. The number of fused-ring (bicyclic) bond motifs is 2. The van der Waals surface area contributed by atoms with E-state index < -0.39 is 0 Å². The van der Waals surface area contributed by atoms with Crippen molar-refractivity contribution in [3.8, 4) is 22.8 Å². The Labute approximate surface area is 236 Å². The van der Waals surface area contributed by atoms with Gasteiger partial charge in [-0.25, -0.2) is 4.98 Å². The molecule has 3 heterocycles. The molecule has 10 nitrogen and oxygen atoms in total. The maximum absolute atomic E-state index is 13.1. The molecule has 1 aliphatic rings. The van der Waals surface area contributed by atoms with Gasteiger partial charge >= 0.3 is 0 Å². The molecule has 6 rings (SSSR count). The number of aryl methyl sites for hydroxylation is 1. The molecule has 0 spiro atoms. The van der Waals surface area contributed by atoms with Gasteiger partial charge in [0, 0.05) is 61.0 Å². The van der Waals surface area contributed by atoms with Crippen LogP contribution in [0.1, 0.15) is 27.6 Å². The van der Waals surface area contributed by atoms with Gasteiger partial charge in [0.2, 0.25) is 0 Å². The van der Waals surface area contributed by atoms with Crippen molar-refractivity contribution in [2.24, 2.45) is 0 Å². The quantitative estimate of drug-likeness (QED) is 0.238. The van der Waals surface area contributed by atoms with Gasteiger partial charge < -0.3 is 14.4 Å². The highest BCUT2D eigenvalue weighted by molar-refractivity contribution is 6.21. The Balaban J connectivity index is 1.39. The minimum atomic E-state index is -0.296. The lowest BCUT2D eigenvalue weighted by atomic mass is 10.1. The largest absolute Gasteiger partial charge is 0.497 e. The Hall–Kier alpha value is -5.25. The molecule has 0 radical (unpaired) electrons. The summed E-state index contributed by atoms with van der Waals surface area (Å²) >= 11 is 0. The van der Waals surface area contributed by atoms with Crippen molar-refractivity contribution < 1.29 is 19.1 Å². The average Bonchev–Trinajstić information content (AvgIpc) is 3.60. The summed E-state index contributed by atoms with van der Waals surface area (Å²) in [6, 6.07) is 18.3. The molecule has 0 aliphatic carbocycles. The Morgan fingerprint density at radius 1 is 0.829 bits per heavy atom. The van der Waals surface area contributed by atoms with E-state index in [1.165, 1.54) is 4.90 Å². The van der Waals surface area contributed by atoms with Gasteiger partial charge in [0.1, 0.15) is 11.5 Å². The molecular weight excluding hydrogens is 520 g/mol. The van der Waals surface area contributed by atoms with Crippen LogP contribution in [-0.2, 0) is 6.54 Å². The van der Waals surface area contributed by atoms with Gasteiger partial charge in [-0.2, -0.15) is 5.10 Å². The third-order valence-electron chi connectivity index (χ3n) is 7.16. The van der Waals surface area contributed by atoms with Crippen molar-refractivity contribution in [3.05, 3.63) is 90.4 Å². The van der Waals surface area contributed by atoms with Crippen molar-refractivity contribution in [3.63, 3.8) is 0 Å². The summed E-state index contributed by atoms with van der Waals surface area (Å²) in [5, 5.41) is 4.36. The van der Waals surface area contributed by atoms with Crippen molar-refractivity contribution in [1.82, 2.24) is 24.6 Å². The van der Waals surface area contributed by atoms with Crippen LogP contribution in [0, 0.1) is 0 Å². The molecular formula is C31H28N6O4. The van der Waals surface area contributed by atoms with Crippen LogP contribution in [0.3, 0.4) is 0 Å². The van der Waals surface area contributed by atoms with Crippen molar-refractivity contribution in [1.29, 1.82) is 0 Å². The van der Waals surface area contributed by atoms with Crippen LogP contribution in [-0.4, -0.2) is 63.8 Å². The summed E-state index contributed by atoms with van der Waals surface area (Å²) < 4.78 is 12.9. The number of amides is 2. The van der Waals surface area contributed by atoms with Gasteiger partial charge in [0.25, 0.3) is 11.8 Å². The molecule has 0 bridgehead atoms. The van der Waals surface area contributed by atoms with E-state index in [1.54, 1.807) is 56.9 Å². The summed E-state index contributed by atoms with van der Waals surface area (Å²) in [6.45, 7) is 3.28. The monoisotopic (exact) mass is 548 g/mol. The van der Waals surface area contributed by atoms with Gasteiger partial charge in [-0.15, -0.1) is 0 Å². The van der Waals surface area contributed by atoms with Crippen molar-refractivity contribution >= 4 is 34.2 Å². The van der Waals surface area contributed by atoms with E-state index in [1.807, 2.05) is 53.0 Å². The summed E-state index contributed by atoms with van der Waals surface area (Å²) in [6.07, 6.45) is 5.46. The number of carbonyl (C=O) groups excluding carboxylic acids is 2. The lowest BCUT2D eigenvalue weighted by Crippen LogP contribution is -2.36. The molecule has 0 atom stereocenters. The van der Waals surface area contributed by atoms with Crippen LogP contribution in [0.15, 0.2) is 79.3 Å². The van der Waals surface area contributed by atoms with Gasteiger partial charge in [-0.3, -0.25) is 24.2 Å². The second-order valence-electron chi connectivity index (χ2n) is 9.54. The predicted molar refractivity (Wildman–Crippen MR) is 155 cm³/mol. The smallest absolute Gasteiger partial charge is 0.261 e. The van der Waals surface area contributed by atoms with E-state index in [0.717, 1.165) is 34.7 Å². The zero-order valence-electron chi connectivity index (χ0n) is 22.9. The first-order chi connectivity index (χ1) is 20.0. The number of benzene rings is 3. The van der Waals surface area contributed by atoms with E-state index in [2.05, 4.69) is 10.1 Å². The molecule has 2 aromatic heterocycles. The highest BCUT2D eigenvalue weighted by Gasteiger charge is 2.35. The fourth-order valence-corrected chi connectivity index (χ4v) is 4.97. The summed E-state index contributed by atoms with van der Waals surface area (Å²) in [5.41, 5.74) is 5.46. The van der Waals surface area contributed by atoms with Gasteiger partial charge in [0.15, 0.2) is 0 Å². The third kappa shape index (κ3) is 4.84. The van der Waals surface area contributed by atoms with E-state index in [4.69, 9.17) is 14.5 Å².